The number of halogens is 1. The molecule has 80 valence electrons. The van der Waals surface area contributed by atoms with Crippen LogP contribution in [0.5, 0.6) is 0 Å². The Balaban J connectivity index is 2.46. The number of nitrogens with one attached hydrogen (secondary N) is 1. The van der Waals surface area contributed by atoms with E-state index in [9.17, 15) is 0 Å². The summed E-state index contributed by atoms with van der Waals surface area (Å²) >= 11 is 7.23. The Labute approximate surface area is 103 Å². The first kappa shape index (κ1) is 12.6. The van der Waals surface area contributed by atoms with E-state index in [4.69, 9.17) is 0 Å². The molecule has 0 bridgehead atoms. The highest BCUT2D eigenvalue weighted by Crippen LogP contribution is 2.23. The van der Waals surface area contributed by atoms with E-state index in [2.05, 4.69) is 46.6 Å². The standard InChI is InChI=1S/C10H16BrNS2/c1-3-12-8(7-13-2)6-9-4-5-10(11)14-9/h4-5,8,12H,3,6-7H2,1-2H3. The monoisotopic (exact) mass is 293 g/mol. The average Bonchev–Trinajstić information content (AvgIpc) is 2.52. The lowest BCUT2D eigenvalue weighted by Crippen LogP contribution is -2.32. The predicted octanol–water partition coefficient (Wildman–Crippen LogP) is 3.39. The van der Waals surface area contributed by atoms with Gasteiger partial charge in [-0.15, -0.1) is 11.3 Å². The third-order valence-corrected chi connectivity index (χ3v) is 4.32. The lowest BCUT2D eigenvalue weighted by molar-refractivity contribution is 0.576. The zero-order valence-electron chi connectivity index (χ0n) is 8.55. The van der Waals surface area contributed by atoms with Gasteiger partial charge in [-0.2, -0.15) is 11.8 Å². The van der Waals surface area contributed by atoms with Crippen molar-refractivity contribution in [3.05, 3.63) is 20.8 Å². The minimum Gasteiger partial charge on any atom is -0.313 e. The summed E-state index contributed by atoms with van der Waals surface area (Å²) < 4.78 is 1.23. The Bertz CT molecular complexity index is 256. The summed E-state index contributed by atoms with van der Waals surface area (Å²) in [5.74, 6) is 1.18. The Morgan fingerprint density at radius 3 is 2.86 bits per heavy atom. The first-order chi connectivity index (χ1) is 6.76. The third-order valence-electron chi connectivity index (χ3n) is 1.94. The summed E-state index contributed by atoms with van der Waals surface area (Å²) in [6.07, 6.45) is 3.31. The van der Waals surface area contributed by atoms with Gasteiger partial charge in [-0.05, 0) is 47.3 Å². The fourth-order valence-corrected chi connectivity index (χ4v) is 3.59. The zero-order valence-corrected chi connectivity index (χ0v) is 11.8. The van der Waals surface area contributed by atoms with Crippen molar-refractivity contribution >= 4 is 39.0 Å². The van der Waals surface area contributed by atoms with E-state index >= 15 is 0 Å². The molecule has 0 saturated heterocycles. The van der Waals surface area contributed by atoms with Gasteiger partial charge in [-0.25, -0.2) is 0 Å². The van der Waals surface area contributed by atoms with Crippen LogP contribution in [0.3, 0.4) is 0 Å². The summed E-state index contributed by atoms with van der Waals surface area (Å²) in [5.41, 5.74) is 0. The topological polar surface area (TPSA) is 12.0 Å². The van der Waals surface area contributed by atoms with Gasteiger partial charge in [0.25, 0.3) is 0 Å². The minimum atomic E-state index is 0.612. The molecular weight excluding hydrogens is 278 g/mol. The molecule has 0 radical (unpaired) electrons. The van der Waals surface area contributed by atoms with Crippen LogP contribution in [0, 0.1) is 0 Å². The van der Waals surface area contributed by atoms with Crippen molar-refractivity contribution in [3.8, 4) is 0 Å². The van der Waals surface area contributed by atoms with Crippen molar-refractivity contribution < 1.29 is 0 Å². The van der Waals surface area contributed by atoms with E-state index in [1.54, 1.807) is 0 Å². The van der Waals surface area contributed by atoms with Crippen LogP contribution in [-0.2, 0) is 6.42 Å². The number of rotatable bonds is 6. The Morgan fingerprint density at radius 1 is 1.57 bits per heavy atom. The molecule has 0 spiro atoms. The van der Waals surface area contributed by atoms with Crippen molar-refractivity contribution in [1.29, 1.82) is 0 Å². The van der Waals surface area contributed by atoms with E-state index in [1.165, 1.54) is 14.4 Å². The molecule has 0 aliphatic carbocycles. The Morgan fingerprint density at radius 2 is 2.36 bits per heavy atom. The molecule has 1 aromatic heterocycles. The maximum atomic E-state index is 3.51. The van der Waals surface area contributed by atoms with Gasteiger partial charge in [0.05, 0.1) is 3.79 Å². The molecule has 0 amide bonds. The molecule has 1 rings (SSSR count). The molecule has 1 N–H and O–H groups in total. The van der Waals surface area contributed by atoms with Crippen LogP contribution in [0.25, 0.3) is 0 Å². The third kappa shape index (κ3) is 4.34. The van der Waals surface area contributed by atoms with Gasteiger partial charge >= 0.3 is 0 Å². The molecule has 0 aliphatic heterocycles. The summed E-state index contributed by atoms with van der Waals surface area (Å²) in [6.45, 7) is 3.22. The predicted molar refractivity (Wildman–Crippen MR) is 71.6 cm³/mol. The Hall–Kier alpha value is 0.490. The van der Waals surface area contributed by atoms with Crippen molar-refractivity contribution in [1.82, 2.24) is 5.32 Å². The van der Waals surface area contributed by atoms with Gasteiger partial charge in [-0.1, -0.05) is 6.92 Å². The first-order valence-electron chi connectivity index (χ1n) is 4.72. The molecule has 0 aliphatic rings. The maximum absolute atomic E-state index is 3.51. The summed E-state index contributed by atoms with van der Waals surface area (Å²) in [5, 5.41) is 3.51. The first-order valence-corrected chi connectivity index (χ1v) is 7.73. The van der Waals surface area contributed by atoms with Crippen LogP contribution in [-0.4, -0.2) is 24.6 Å². The average molecular weight is 294 g/mol. The van der Waals surface area contributed by atoms with E-state index in [0.717, 1.165) is 13.0 Å². The van der Waals surface area contributed by atoms with Crippen LogP contribution >= 0.6 is 39.0 Å². The second kappa shape index (κ2) is 6.88. The largest absolute Gasteiger partial charge is 0.313 e. The number of thiophene rings is 1. The molecule has 0 fully saturated rings. The van der Waals surface area contributed by atoms with Gasteiger partial charge in [-0.3, -0.25) is 0 Å². The molecule has 1 atom stereocenters. The SMILES string of the molecule is CCNC(CSC)Cc1ccc(Br)s1. The molecule has 1 heterocycles. The highest BCUT2D eigenvalue weighted by Gasteiger charge is 2.08. The quantitative estimate of drug-likeness (QED) is 0.863. The Kier molecular flexibility index (Phi) is 6.17. The highest BCUT2D eigenvalue weighted by atomic mass is 79.9. The van der Waals surface area contributed by atoms with Crippen molar-refractivity contribution in [2.45, 2.75) is 19.4 Å². The summed E-state index contributed by atoms with van der Waals surface area (Å²) in [7, 11) is 0. The molecule has 4 heteroatoms. The van der Waals surface area contributed by atoms with E-state index < -0.39 is 0 Å². The normalized spacial score (nSPS) is 13.1. The smallest absolute Gasteiger partial charge is 0.0701 e. The van der Waals surface area contributed by atoms with Crippen LogP contribution in [0.1, 0.15) is 11.8 Å². The van der Waals surface area contributed by atoms with Crippen molar-refractivity contribution in [2.75, 3.05) is 18.6 Å². The lowest BCUT2D eigenvalue weighted by atomic mass is 10.2. The fraction of sp³-hybridized carbons (Fsp3) is 0.600. The number of thioether (sulfide) groups is 1. The van der Waals surface area contributed by atoms with Gasteiger partial charge in [0.2, 0.25) is 0 Å². The number of hydrogen-bond acceptors (Lipinski definition) is 3. The van der Waals surface area contributed by atoms with E-state index in [-0.39, 0.29) is 0 Å². The molecule has 1 nitrogen and oxygen atoms in total. The molecule has 1 unspecified atom stereocenters. The van der Waals surface area contributed by atoms with Gasteiger partial charge < -0.3 is 5.32 Å². The number of likely N-dealkylation sites (N-methyl/N-ethyl adjacent to an activating group) is 1. The van der Waals surface area contributed by atoms with E-state index in [1.807, 2.05) is 23.1 Å². The minimum absolute atomic E-state index is 0.612. The highest BCUT2D eigenvalue weighted by molar-refractivity contribution is 9.11. The molecule has 1 aromatic rings. The maximum Gasteiger partial charge on any atom is 0.0701 e. The zero-order chi connectivity index (χ0) is 10.4. The van der Waals surface area contributed by atoms with Crippen LogP contribution in [0.15, 0.2) is 15.9 Å². The molecular formula is C10H16BrNS2. The molecule has 0 saturated carbocycles. The summed E-state index contributed by atoms with van der Waals surface area (Å²) in [4.78, 5) is 1.46. The van der Waals surface area contributed by atoms with Crippen LogP contribution in [0.2, 0.25) is 0 Å². The lowest BCUT2D eigenvalue weighted by Gasteiger charge is -2.15. The summed E-state index contributed by atoms with van der Waals surface area (Å²) in [6, 6.07) is 4.95. The van der Waals surface area contributed by atoms with Crippen LogP contribution < -0.4 is 5.32 Å². The second-order valence-corrected chi connectivity index (χ2v) is 6.58. The van der Waals surface area contributed by atoms with Gasteiger partial charge in [0.15, 0.2) is 0 Å². The van der Waals surface area contributed by atoms with Gasteiger partial charge in [0, 0.05) is 16.7 Å². The van der Waals surface area contributed by atoms with Gasteiger partial charge in [0.1, 0.15) is 0 Å². The number of hydrogen-bond donors (Lipinski definition) is 1. The van der Waals surface area contributed by atoms with Crippen molar-refractivity contribution in [3.63, 3.8) is 0 Å². The second-order valence-electron chi connectivity index (χ2n) is 3.12. The van der Waals surface area contributed by atoms with Crippen LogP contribution in [0.4, 0.5) is 0 Å². The van der Waals surface area contributed by atoms with E-state index in [0.29, 0.717) is 6.04 Å². The van der Waals surface area contributed by atoms with Crippen molar-refractivity contribution in [2.24, 2.45) is 0 Å². The molecule has 0 aromatic carbocycles. The molecule has 14 heavy (non-hydrogen) atoms. The fourth-order valence-electron chi connectivity index (χ4n) is 1.38.